The topological polar surface area (TPSA) is 97.8 Å². The molecule has 0 saturated carbocycles. The fourth-order valence-corrected chi connectivity index (χ4v) is 3.39. The molecule has 2 fully saturated rings. The Labute approximate surface area is 141 Å². The molecule has 132 valence electrons. The van der Waals surface area contributed by atoms with E-state index in [1.54, 1.807) is 13.0 Å². The van der Waals surface area contributed by atoms with Crippen LogP contribution in [-0.2, 0) is 9.53 Å². The van der Waals surface area contributed by atoms with Crippen molar-refractivity contribution in [2.24, 2.45) is 5.73 Å². The van der Waals surface area contributed by atoms with Gasteiger partial charge in [0.05, 0.1) is 17.9 Å². The number of hydrogen-bond acceptors (Lipinski definition) is 5. The number of hydrogen-bond donors (Lipinski definition) is 2. The monoisotopic (exact) mass is 335 g/mol. The third kappa shape index (κ3) is 3.62. The molecule has 0 unspecified atom stereocenters. The number of piperidine rings is 1. The zero-order chi connectivity index (χ0) is 17.1. The molecule has 1 aromatic heterocycles. The maximum absolute atomic E-state index is 12.5. The molecule has 2 atom stereocenters. The van der Waals surface area contributed by atoms with Crippen molar-refractivity contribution < 1.29 is 18.7 Å². The van der Waals surface area contributed by atoms with Crippen LogP contribution in [0.25, 0.3) is 0 Å². The molecule has 3 N–H and O–H groups in total. The lowest BCUT2D eigenvalue weighted by atomic mass is 10.0. The van der Waals surface area contributed by atoms with Crippen molar-refractivity contribution in [1.29, 1.82) is 0 Å². The van der Waals surface area contributed by atoms with Crippen LogP contribution in [0.5, 0.6) is 0 Å². The van der Waals surface area contributed by atoms with Crippen LogP contribution in [0.4, 0.5) is 0 Å². The van der Waals surface area contributed by atoms with Gasteiger partial charge in [0.1, 0.15) is 11.9 Å². The predicted molar refractivity (Wildman–Crippen MR) is 87.5 cm³/mol. The molecule has 3 heterocycles. The SMILES string of the molecule is Cc1occc1C(=O)NC1CCN(C(=O)[C@@H]2CC[C@H](CN)O2)CC1. The van der Waals surface area contributed by atoms with Gasteiger partial charge in [-0.3, -0.25) is 9.59 Å². The van der Waals surface area contributed by atoms with Crippen LogP contribution < -0.4 is 11.1 Å². The molecule has 0 aromatic carbocycles. The van der Waals surface area contributed by atoms with E-state index in [4.69, 9.17) is 14.9 Å². The first-order valence-electron chi connectivity index (χ1n) is 8.57. The summed E-state index contributed by atoms with van der Waals surface area (Å²) in [7, 11) is 0. The maximum atomic E-state index is 12.5. The fourth-order valence-electron chi connectivity index (χ4n) is 3.39. The van der Waals surface area contributed by atoms with Gasteiger partial charge >= 0.3 is 0 Å². The maximum Gasteiger partial charge on any atom is 0.255 e. The highest BCUT2D eigenvalue weighted by Gasteiger charge is 2.34. The summed E-state index contributed by atoms with van der Waals surface area (Å²) in [5.74, 6) is 0.560. The van der Waals surface area contributed by atoms with Crippen molar-refractivity contribution in [1.82, 2.24) is 10.2 Å². The van der Waals surface area contributed by atoms with Gasteiger partial charge in [-0.2, -0.15) is 0 Å². The van der Waals surface area contributed by atoms with E-state index in [1.165, 1.54) is 6.26 Å². The minimum atomic E-state index is -0.349. The molecule has 24 heavy (non-hydrogen) atoms. The number of nitrogens with two attached hydrogens (primary N) is 1. The normalized spacial score (nSPS) is 25.0. The lowest BCUT2D eigenvalue weighted by molar-refractivity contribution is -0.143. The number of nitrogens with zero attached hydrogens (tertiary/aromatic N) is 1. The van der Waals surface area contributed by atoms with Crippen molar-refractivity contribution in [2.45, 2.75) is 50.9 Å². The largest absolute Gasteiger partial charge is 0.469 e. The number of rotatable bonds is 4. The van der Waals surface area contributed by atoms with Crippen LogP contribution in [0.3, 0.4) is 0 Å². The minimum Gasteiger partial charge on any atom is -0.469 e. The van der Waals surface area contributed by atoms with E-state index in [-0.39, 0.29) is 30.1 Å². The van der Waals surface area contributed by atoms with Gasteiger partial charge in [0.25, 0.3) is 11.8 Å². The Balaban J connectivity index is 1.46. The van der Waals surface area contributed by atoms with E-state index < -0.39 is 0 Å². The molecule has 0 spiro atoms. The second-order valence-electron chi connectivity index (χ2n) is 6.52. The number of nitrogens with one attached hydrogen (secondary N) is 1. The Morgan fingerprint density at radius 1 is 1.29 bits per heavy atom. The van der Waals surface area contributed by atoms with Gasteiger partial charge in [-0.1, -0.05) is 0 Å². The minimum absolute atomic E-state index is 0.00831. The first-order valence-corrected chi connectivity index (χ1v) is 8.57. The smallest absolute Gasteiger partial charge is 0.255 e. The lowest BCUT2D eigenvalue weighted by Crippen LogP contribution is -2.49. The summed E-state index contributed by atoms with van der Waals surface area (Å²) in [5, 5.41) is 3.02. The molecule has 0 radical (unpaired) electrons. The number of aryl methyl sites for hydroxylation is 1. The van der Waals surface area contributed by atoms with E-state index in [1.807, 2.05) is 4.90 Å². The quantitative estimate of drug-likeness (QED) is 0.849. The fraction of sp³-hybridized carbons (Fsp3) is 0.647. The highest BCUT2D eigenvalue weighted by Crippen LogP contribution is 2.22. The van der Waals surface area contributed by atoms with Crippen molar-refractivity contribution >= 4 is 11.8 Å². The highest BCUT2D eigenvalue weighted by molar-refractivity contribution is 5.95. The summed E-state index contributed by atoms with van der Waals surface area (Å²) in [4.78, 5) is 26.5. The molecule has 7 nitrogen and oxygen atoms in total. The van der Waals surface area contributed by atoms with Gasteiger partial charge in [-0.15, -0.1) is 0 Å². The van der Waals surface area contributed by atoms with Crippen LogP contribution in [-0.4, -0.2) is 54.6 Å². The molecule has 3 rings (SSSR count). The van der Waals surface area contributed by atoms with Crippen LogP contribution in [0.15, 0.2) is 16.7 Å². The van der Waals surface area contributed by atoms with Gasteiger partial charge < -0.3 is 25.1 Å². The number of furan rings is 1. The van der Waals surface area contributed by atoms with Crippen LogP contribution in [0.2, 0.25) is 0 Å². The summed E-state index contributed by atoms with van der Waals surface area (Å²) in [6, 6.07) is 1.76. The second kappa shape index (κ2) is 7.36. The Morgan fingerprint density at radius 2 is 2.04 bits per heavy atom. The average Bonchev–Trinajstić information content (AvgIpc) is 3.23. The van der Waals surface area contributed by atoms with E-state index in [0.29, 0.717) is 31.0 Å². The van der Waals surface area contributed by atoms with E-state index in [2.05, 4.69) is 5.32 Å². The Kier molecular flexibility index (Phi) is 5.20. The first kappa shape index (κ1) is 17.0. The molecule has 2 aliphatic rings. The molecular formula is C17H25N3O4. The van der Waals surface area contributed by atoms with E-state index >= 15 is 0 Å². The van der Waals surface area contributed by atoms with Crippen LogP contribution >= 0.6 is 0 Å². The van der Waals surface area contributed by atoms with Crippen LogP contribution in [0.1, 0.15) is 41.8 Å². The Morgan fingerprint density at radius 3 is 2.62 bits per heavy atom. The van der Waals surface area contributed by atoms with Crippen molar-refractivity contribution in [3.63, 3.8) is 0 Å². The average molecular weight is 335 g/mol. The van der Waals surface area contributed by atoms with Gasteiger partial charge in [-0.05, 0) is 38.7 Å². The predicted octanol–water partition coefficient (Wildman–Crippen LogP) is 0.815. The van der Waals surface area contributed by atoms with Crippen molar-refractivity contribution in [2.75, 3.05) is 19.6 Å². The number of likely N-dealkylation sites (tertiary alicyclic amines) is 1. The van der Waals surface area contributed by atoms with E-state index in [9.17, 15) is 9.59 Å². The van der Waals surface area contributed by atoms with Crippen LogP contribution in [0, 0.1) is 6.92 Å². The lowest BCUT2D eigenvalue weighted by Gasteiger charge is -2.33. The van der Waals surface area contributed by atoms with Gasteiger partial charge in [0.2, 0.25) is 0 Å². The third-order valence-corrected chi connectivity index (χ3v) is 4.89. The summed E-state index contributed by atoms with van der Waals surface area (Å²) in [5.41, 5.74) is 6.16. The molecule has 2 amide bonds. The Bertz CT molecular complexity index is 592. The summed E-state index contributed by atoms with van der Waals surface area (Å²) >= 11 is 0. The molecule has 7 heteroatoms. The molecule has 0 bridgehead atoms. The summed E-state index contributed by atoms with van der Waals surface area (Å²) < 4.78 is 10.8. The van der Waals surface area contributed by atoms with Gasteiger partial charge in [0.15, 0.2) is 0 Å². The molecule has 1 aromatic rings. The molecular weight excluding hydrogens is 310 g/mol. The van der Waals surface area contributed by atoms with Crippen molar-refractivity contribution in [3.05, 3.63) is 23.7 Å². The van der Waals surface area contributed by atoms with Gasteiger partial charge in [0, 0.05) is 25.7 Å². The zero-order valence-corrected chi connectivity index (χ0v) is 14.0. The summed E-state index contributed by atoms with van der Waals surface area (Å²) in [6.07, 6.45) is 4.28. The number of amides is 2. The number of carbonyl (C=O) groups excluding carboxylic acids is 2. The first-order chi connectivity index (χ1) is 11.6. The zero-order valence-electron chi connectivity index (χ0n) is 14.0. The molecule has 2 saturated heterocycles. The van der Waals surface area contributed by atoms with Gasteiger partial charge in [-0.25, -0.2) is 0 Å². The molecule has 0 aliphatic carbocycles. The summed E-state index contributed by atoms with van der Waals surface area (Å²) in [6.45, 7) is 3.51. The second-order valence-corrected chi connectivity index (χ2v) is 6.52. The number of ether oxygens (including phenoxy) is 1. The van der Waals surface area contributed by atoms with Crippen molar-refractivity contribution in [3.8, 4) is 0 Å². The standard InChI is InChI=1S/C17H25N3O4/c1-11-14(6-9-23-11)16(21)19-12-4-7-20(8-5-12)17(22)15-3-2-13(10-18)24-15/h6,9,12-13,15H,2-5,7-8,10,18H2,1H3,(H,19,21)/t13-,15+/m1/s1. The Hall–Kier alpha value is -1.86. The molecule has 2 aliphatic heterocycles. The third-order valence-electron chi connectivity index (χ3n) is 4.89. The van der Waals surface area contributed by atoms with E-state index in [0.717, 1.165) is 25.7 Å². The highest BCUT2D eigenvalue weighted by atomic mass is 16.5. The number of carbonyl (C=O) groups is 2.